The van der Waals surface area contributed by atoms with Crippen LogP contribution in [0.15, 0.2) is 17.3 Å². The first-order chi connectivity index (χ1) is 15.9. The molecule has 3 unspecified atom stereocenters. The SMILES string of the molecule is O=S1c2c(nc(N3CCC(c4ncc(Cl)cn4)C(F)C3)nc2NC2(CO)CCC2)CC12CC2. The molecule has 3 atom stereocenters. The predicted octanol–water partition coefficient (Wildman–Crippen LogP) is 2.78. The summed E-state index contributed by atoms with van der Waals surface area (Å²) in [5.41, 5.74) is 0.370. The van der Waals surface area contributed by atoms with Crippen LogP contribution >= 0.6 is 11.6 Å². The van der Waals surface area contributed by atoms with E-state index in [9.17, 15) is 9.32 Å². The van der Waals surface area contributed by atoms with E-state index in [1.54, 1.807) is 0 Å². The van der Waals surface area contributed by atoms with E-state index in [2.05, 4.69) is 15.3 Å². The summed E-state index contributed by atoms with van der Waals surface area (Å²) in [6.45, 7) is 0.695. The summed E-state index contributed by atoms with van der Waals surface area (Å²) in [7, 11) is -1.16. The second-order valence-electron chi connectivity index (χ2n) is 9.81. The number of anilines is 2. The molecule has 0 aromatic carbocycles. The molecule has 176 valence electrons. The average Bonchev–Trinajstić information content (AvgIpc) is 3.51. The van der Waals surface area contributed by atoms with E-state index < -0.39 is 28.4 Å². The van der Waals surface area contributed by atoms with Crippen LogP contribution in [-0.2, 0) is 17.2 Å². The second kappa shape index (κ2) is 7.81. The molecule has 0 bridgehead atoms. The van der Waals surface area contributed by atoms with Crippen LogP contribution < -0.4 is 10.2 Å². The molecule has 4 aliphatic rings. The highest BCUT2D eigenvalue weighted by atomic mass is 35.5. The van der Waals surface area contributed by atoms with Crippen molar-refractivity contribution in [3.05, 3.63) is 28.9 Å². The Bertz CT molecular complexity index is 1110. The molecule has 2 aliphatic carbocycles. The van der Waals surface area contributed by atoms with Crippen LogP contribution in [-0.4, -0.2) is 65.4 Å². The van der Waals surface area contributed by atoms with Gasteiger partial charge in [-0.1, -0.05) is 11.6 Å². The molecule has 2 aliphatic heterocycles. The Morgan fingerprint density at radius 3 is 2.61 bits per heavy atom. The first kappa shape index (κ1) is 21.6. The van der Waals surface area contributed by atoms with Gasteiger partial charge in [0.25, 0.3) is 0 Å². The zero-order valence-corrected chi connectivity index (χ0v) is 19.7. The van der Waals surface area contributed by atoms with Gasteiger partial charge in [0.15, 0.2) is 0 Å². The van der Waals surface area contributed by atoms with Crippen molar-refractivity contribution in [3.63, 3.8) is 0 Å². The van der Waals surface area contributed by atoms with Crippen molar-refractivity contribution in [2.75, 3.05) is 29.9 Å². The summed E-state index contributed by atoms with van der Waals surface area (Å²) in [5.74, 6) is 1.06. The van der Waals surface area contributed by atoms with Gasteiger partial charge in [-0.25, -0.2) is 19.3 Å². The number of halogens is 2. The van der Waals surface area contributed by atoms with E-state index >= 15 is 4.39 Å². The number of rotatable bonds is 5. The lowest BCUT2D eigenvalue weighted by Crippen LogP contribution is -2.49. The Balaban J connectivity index is 1.29. The van der Waals surface area contributed by atoms with Crippen molar-refractivity contribution in [1.82, 2.24) is 19.9 Å². The van der Waals surface area contributed by atoms with Crippen LogP contribution in [0.2, 0.25) is 5.02 Å². The summed E-state index contributed by atoms with van der Waals surface area (Å²) in [4.78, 5) is 20.5. The fourth-order valence-corrected chi connectivity index (χ4v) is 7.06. The van der Waals surface area contributed by atoms with Crippen LogP contribution in [0.5, 0.6) is 0 Å². The zero-order chi connectivity index (χ0) is 22.8. The third-order valence-electron chi connectivity index (χ3n) is 7.59. The number of aliphatic hydroxyl groups is 1. The van der Waals surface area contributed by atoms with Gasteiger partial charge in [-0.2, -0.15) is 4.98 Å². The van der Waals surface area contributed by atoms with Gasteiger partial charge in [-0.15, -0.1) is 0 Å². The van der Waals surface area contributed by atoms with E-state index in [1.807, 2.05) is 4.90 Å². The molecule has 3 fully saturated rings. The Morgan fingerprint density at radius 2 is 2.00 bits per heavy atom. The molecule has 6 rings (SSSR count). The first-order valence-corrected chi connectivity index (χ1v) is 13.0. The molecular weight excluding hydrogens is 467 g/mol. The number of aliphatic hydroxyl groups excluding tert-OH is 1. The fourth-order valence-electron chi connectivity index (χ4n) is 5.18. The highest BCUT2D eigenvalue weighted by Gasteiger charge is 2.56. The van der Waals surface area contributed by atoms with Crippen LogP contribution in [0.4, 0.5) is 16.2 Å². The maximum absolute atomic E-state index is 15.2. The third-order valence-corrected chi connectivity index (χ3v) is 9.93. The smallest absolute Gasteiger partial charge is 0.227 e. The number of fused-ring (bicyclic) bond motifs is 1. The molecule has 11 heteroatoms. The van der Waals surface area contributed by atoms with Gasteiger partial charge in [0.2, 0.25) is 5.95 Å². The molecule has 2 N–H and O–H groups in total. The van der Waals surface area contributed by atoms with Crippen molar-refractivity contribution in [3.8, 4) is 0 Å². The first-order valence-electron chi connectivity index (χ1n) is 11.5. The Labute approximate surface area is 198 Å². The third kappa shape index (κ3) is 3.61. The summed E-state index contributed by atoms with van der Waals surface area (Å²) in [5, 5.41) is 13.8. The molecule has 4 heterocycles. The maximum atomic E-state index is 15.2. The molecule has 8 nitrogen and oxygen atoms in total. The van der Waals surface area contributed by atoms with Crippen LogP contribution in [0.3, 0.4) is 0 Å². The highest BCUT2D eigenvalue weighted by molar-refractivity contribution is 7.87. The van der Waals surface area contributed by atoms with E-state index in [0.717, 1.165) is 37.8 Å². The molecular formula is C22H26ClFN6O2S. The van der Waals surface area contributed by atoms with E-state index in [1.165, 1.54) is 12.4 Å². The summed E-state index contributed by atoms with van der Waals surface area (Å²) in [6, 6.07) is 0. The summed E-state index contributed by atoms with van der Waals surface area (Å²) in [6.07, 6.45) is 7.58. The monoisotopic (exact) mass is 492 g/mol. The number of hydrogen-bond acceptors (Lipinski definition) is 8. The largest absolute Gasteiger partial charge is 0.394 e. The Hall–Kier alpha value is -1.91. The molecule has 2 aromatic rings. The van der Waals surface area contributed by atoms with Crippen molar-refractivity contribution in [1.29, 1.82) is 0 Å². The molecule has 1 spiro atoms. The van der Waals surface area contributed by atoms with Crippen molar-refractivity contribution in [2.24, 2.45) is 0 Å². The van der Waals surface area contributed by atoms with Gasteiger partial charge in [-0.3, -0.25) is 4.21 Å². The van der Waals surface area contributed by atoms with E-state index in [4.69, 9.17) is 21.6 Å². The maximum Gasteiger partial charge on any atom is 0.227 e. The minimum Gasteiger partial charge on any atom is -0.394 e. The van der Waals surface area contributed by atoms with Gasteiger partial charge in [0.05, 0.1) is 50.9 Å². The number of alkyl halides is 1. The minimum absolute atomic E-state index is 0.00206. The lowest BCUT2D eigenvalue weighted by atomic mass is 9.77. The zero-order valence-electron chi connectivity index (χ0n) is 18.1. The predicted molar refractivity (Wildman–Crippen MR) is 123 cm³/mol. The normalized spacial score (nSPS) is 28.9. The van der Waals surface area contributed by atoms with Gasteiger partial charge < -0.3 is 15.3 Å². The van der Waals surface area contributed by atoms with Crippen molar-refractivity contribution >= 4 is 34.2 Å². The number of hydrogen-bond donors (Lipinski definition) is 2. The number of nitrogens with one attached hydrogen (secondary N) is 1. The summed E-state index contributed by atoms with van der Waals surface area (Å²) >= 11 is 5.87. The molecule has 2 aromatic heterocycles. The quantitative estimate of drug-likeness (QED) is 0.656. The van der Waals surface area contributed by atoms with Gasteiger partial charge in [-0.05, 0) is 38.5 Å². The van der Waals surface area contributed by atoms with E-state index in [0.29, 0.717) is 46.9 Å². The fraction of sp³-hybridized carbons (Fsp3) is 0.636. The van der Waals surface area contributed by atoms with Gasteiger partial charge in [0, 0.05) is 25.4 Å². The highest BCUT2D eigenvalue weighted by Crippen LogP contribution is 2.54. The van der Waals surface area contributed by atoms with Gasteiger partial charge >= 0.3 is 0 Å². The number of aromatic nitrogens is 4. The minimum atomic E-state index is -1.17. The van der Waals surface area contributed by atoms with Gasteiger partial charge in [0.1, 0.15) is 22.7 Å². The topological polar surface area (TPSA) is 104 Å². The number of piperidine rings is 1. The second-order valence-corrected chi connectivity index (χ2v) is 12.1. The van der Waals surface area contributed by atoms with Crippen LogP contribution in [0.1, 0.15) is 56.0 Å². The lowest BCUT2D eigenvalue weighted by molar-refractivity contribution is 0.143. The lowest BCUT2D eigenvalue weighted by Gasteiger charge is -2.42. The Morgan fingerprint density at radius 1 is 1.24 bits per heavy atom. The molecule has 1 saturated heterocycles. The molecule has 2 saturated carbocycles. The molecule has 0 amide bonds. The van der Waals surface area contributed by atoms with Crippen molar-refractivity contribution in [2.45, 2.75) is 72.2 Å². The van der Waals surface area contributed by atoms with Crippen LogP contribution in [0.25, 0.3) is 0 Å². The van der Waals surface area contributed by atoms with Crippen molar-refractivity contribution < 1.29 is 13.7 Å². The molecule has 33 heavy (non-hydrogen) atoms. The van der Waals surface area contributed by atoms with Crippen LogP contribution in [0, 0.1) is 0 Å². The standard InChI is InChI=1S/C22H26ClFN6O2S/c23-13-9-25-18(26-10-13)14-2-7-30(11-15(14)24)20-27-16-8-22(5-6-22)33(32)17(16)19(28-20)29-21(12-31)3-1-4-21/h9-10,14-15,31H,1-8,11-12H2,(H,27,28,29). The van der Waals surface area contributed by atoms with E-state index in [-0.39, 0.29) is 17.9 Å². The Kier molecular flexibility index (Phi) is 5.12. The number of nitrogens with zero attached hydrogens (tertiary/aromatic N) is 5. The summed E-state index contributed by atoms with van der Waals surface area (Å²) < 4.78 is 28.3. The average molecular weight is 493 g/mol. The molecule has 0 radical (unpaired) electrons.